The molecule has 2 N–H and O–H groups in total. The zero-order valence-corrected chi connectivity index (χ0v) is 19.3. The van der Waals surface area contributed by atoms with Gasteiger partial charge in [0, 0.05) is 36.6 Å². The van der Waals surface area contributed by atoms with E-state index in [0.29, 0.717) is 31.1 Å². The van der Waals surface area contributed by atoms with E-state index in [-0.39, 0.29) is 11.9 Å². The fraction of sp³-hybridized carbons (Fsp3) is 0.520. The van der Waals surface area contributed by atoms with Crippen molar-refractivity contribution >= 4 is 23.3 Å². The van der Waals surface area contributed by atoms with E-state index >= 15 is 0 Å². The predicted molar refractivity (Wildman–Crippen MR) is 129 cm³/mol. The van der Waals surface area contributed by atoms with Gasteiger partial charge in [0.25, 0.3) is 0 Å². The van der Waals surface area contributed by atoms with Gasteiger partial charge in [0.2, 0.25) is 5.91 Å². The maximum absolute atomic E-state index is 12.6. The van der Waals surface area contributed by atoms with Gasteiger partial charge in [-0.05, 0) is 55.6 Å². The van der Waals surface area contributed by atoms with E-state index in [4.69, 9.17) is 0 Å². The molecule has 1 saturated heterocycles. The zero-order chi connectivity index (χ0) is 22.6. The van der Waals surface area contributed by atoms with Crippen LogP contribution in [-0.4, -0.2) is 41.4 Å². The van der Waals surface area contributed by atoms with Crippen LogP contribution in [-0.2, 0) is 4.79 Å². The van der Waals surface area contributed by atoms with Crippen molar-refractivity contribution in [3.63, 3.8) is 0 Å². The first-order chi connectivity index (χ1) is 15.0. The molecule has 1 aliphatic carbocycles. The van der Waals surface area contributed by atoms with Crippen LogP contribution in [0.25, 0.3) is 0 Å². The van der Waals surface area contributed by atoms with Crippen LogP contribution < -0.4 is 10.6 Å². The van der Waals surface area contributed by atoms with Gasteiger partial charge in [-0.15, -0.1) is 0 Å². The van der Waals surface area contributed by atoms with Gasteiger partial charge >= 0.3 is 6.03 Å². The summed E-state index contributed by atoms with van der Waals surface area (Å²) in [4.78, 5) is 28.6. The molecule has 0 spiro atoms. The molecule has 1 heterocycles. The summed E-state index contributed by atoms with van der Waals surface area (Å²) in [6, 6.07) is 7.16. The summed E-state index contributed by atoms with van der Waals surface area (Å²) >= 11 is 0. The van der Waals surface area contributed by atoms with E-state index in [2.05, 4.69) is 35.1 Å². The third kappa shape index (κ3) is 7.78. The normalized spacial score (nSPS) is 16.8. The summed E-state index contributed by atoms with van der Waals surface area (Å²) in [6.45, 7) is 12.1. The lowest BCUT2D eigenvalue weighted by Crippen LogP contribution is -2.46. The third-order valence-electron chi connectivity index (χ3n) is 5.57. The molecule has 1 saturated carbocycles. The summed E-state index contributed by atoms with van der Waals surface area (Å²) in [7, 11) is 0. The van der Waals surface area contributed by atoms with Gasteiger partial charge in [-0.1, -0.05) is 46.3 Å². The molecule has 6 nitrogen and oxygen atoms in total. The molecule has 6 heteroatoms. The Morgan fingerprint density at radius 1 is 1.06 bits per heavy atom. The first-order valence-corrected chi connectivity index (χ1v) is 11.6. The Balaban J connectivity index is 0.00000166. The SMILES string of the molecule is C=C1CN(C(=O)Nc2ccc(NC(=O)CC3CCCC3)cc2)CCN1/C=C\CC.CC. The van der Waals surface area contributed by atoms with E-state index in [9.17, 15) is 9.59 Å². The van der Waals surface area contributed by atoms with Crippen molar-refractivity contribution in [1.82, 2.24) is 9.80 Å². The summed E-state index contributed by atoms with van der Waals surface area (Å²) in [5.74, 6) is 0.600. The lowest BCUT2D eigenvalue weighted by molar-refractivity contribution is -0.117. The lowest BCUT2D eigenvalue weighted by Gasteiger charge is -2.35. The van der Waals surface area contributed by atoms with Gasteiger partial charge in [0.15, 0.2) is 0 Å². The number of rotatable bonds is 6. The number of benzene rings is 1. The van der Waals surface area contributed by atoms with Crippen molar-refractivity contribution in [2.24, 2.45) is 5.92 Å². The average Bonchev–Trinajstić information content (AvgIpc) is 3.28. The predicted octanol–water partition coefficient (Wildman–Crippen LogP) is 5.82. The van der Waals surface area contributed by atoms with Gasteiger partial charge in [0.1, 0.15) is 0 Å². The summed E-state index contributed by atoms with van der Waals surface area (Å²) in [5.41, 5.74) is 2.38. The van der Waals surface area contributed by atoms with Crippen molar-refractivity contribution in [1.29, 1.82) is 0 Å². The van der Waals surface area contributed by atoms with Crippen molar-refractivity contribution in [2.75, 3.05) is 30.3 Å². The summed E-state index contributed by atoms with van der Waals surface area (Å²) in [6.07, 6.45) is 10.5. The van der Waals surface area contributed by atoms with Crippen LogP contribution in [0, 0.1) is 5.92 Å². The second-order valence-corrected chi connectivity index (χ2v) is 7.88. The molecule has 2 aliphatic rings. The van der Waals surface area contributed by atoms with Crippen LogP contribution in [0.4, 0.5) is 16.2 Å². The molecule has 1 aliphatic heterocycles. The molecule has 170 valence electrons. The Morgan fingerprint density at radius 3 is 2.26 bits per heavy atom. The second-order valence-electron chi connectivity index (χ2n) is 7.88. The molecule has 0 radical (unpaired) electrons. The first-order valence-electron chi connectivity index (χ1n) is 11.6. The topological polar surface area (TPSA) is 64.7 Å². The highest BCUT2D eigenvalue weighted by atomic mass is 16.2. The van der Waals surface area contributed by atoms with E-state index in [1.807, 2.05) is 44.3 Å². The minimum atomic E-state index is -0.136. The Hall–Kier alpha value is -2.76. The molecular weight excluding hydrogens is 388 g/mol. The monoisotopic (exact) mass is 426 g/mol. The smallest absolute Gasteiger partial charge is 0.322 e. The maximum Gasteiger partial charge on any atom is 0.322 e. The van der Waals surface area contributed by atoms with E-state index in [1.165, 1.54) is 12.8 Å². The molecule has 1 aromatic carbocycles. The maximum atomic E-state index is 12.6. The Kier molecular flexibility index (Phi) is 10.1. The Bertz CT molecular complexity index is 751. The summed E-state index contributed by atoms with van der Waals surface area (Å²) < 4.78 is 0. The van der Waals surface area contributed by atoms with Crippen molar-refractivity contribution < 1.29 is 9.59 Å². The Labute approximate surface area is 187 Å². The first kappa shape index (κ1) is 24.5. The van der Waals surface area contributed by atoms with Gasteiger partial charge in [-0.3, -0.25) is 4.79 Å². The van der Waals surface area contributed by atoms with Gasteiger partial charge in [-0.2, -0.15) is 0 Å². The third-order valence-corrected chi connectivity index (χ3v) is 5.57. The van der Waals surface area contributed by atoms with E-state index in [1.54, 1.807) is 4.90 Å². The number of urea groups is 1. The zero-order valence-electron chi connectivity index (χ0n) is 19.3. The highest BCUT2D eigenvalue weighted by Crippen LogP contribution is 2.28. The van der Waals surface area contributed by atoms with Crippen molar-refractivity contribution in [3.05, 3.63) is 48.8 Å². The molecule has 0 aromatic heterocycles. The largest absolute Gasteiger partial charge is 0.349 e. The summed E-state index contributed by atoms with van der Waals surface area (Å²) in [5, 5.41) is 5.88. The van der Waals surface area contributed by atoms with Crippen LogP contribution >= 0.6 is 0 Å². The quantitative estimate of drug-likeness (QED) is 0.602. The number of piperazine rings is 1. The standard InChI is InChI=1S/C23H32N4O2.C2H6/c1-3-4-13-26-14-15-27(17-18(26)2)23(29)25-21-11-9-20(10-12-21)24-22(28)16-19-7-5-6-8-19;1-2/h4,9-13,19H,2-3,5-8,14-17H2,1H3,(H,24,28)(H,25,29);1-2H3/b13-4-;. The number of anilines is 2. The van der Waals surface area contributed by atoms with Crippen LogP contribution in [0.1, 0.15) is 59.3 Å². The number of carbonyl (C=O) groups excluding carboxylic acids is 2. The molecule has 0 bridgehead atoms. The number of amides is 3. The Morgan fingerprint density at radius 2 is 1.68 bits per heavy atom. The molecule has 0 atom stereocenters. The molecule has 1 aromatic rings. The molecule has 0 unspecified atom stereocenters. The number of hydrogen-bond donors (Lipinski definition) is 2. The second kappa shape index (κ2) is 12.8. The highest BCUT2D eigenvalue weighted by Gasteiger charge is 2.22. The molecular formula is C25H38N4O2. The minimum absolute atomic E-state index is 0.0715. The van der Waals surface area contributed by atoms with Gasteiger partial charge in [0.05, 0.1) is 6.54 Å². The number of allylic oxidation sites excluding steroid dienone is 1. The molecule has 3 amide bonds. The number of nitrogens with one attached hydrogen (secondary N) is 2. The fourth-order valence-corrected chi connectivity index (χ4v) is 3.89. The molecule has 3 rings (SSSR count). The van der Waals surface area contributed by atoms with Crippen LogP contribution in [0.15, 0.2) is 48.8 Å². The van der Waals surface area contributed by atoms with Crippen LogP contribution in [0.5, 0.6) is 0 Å². The number of carbonyl (C=O) groups is 2. The van der Waals surface area contributed by atoms with E-state index < -0.39 is 0 Å². The highest BCUT2D eigenvalue weighted by molar-refractivity contribution is 5.92. The van der Waals surface area contributed by atoms with Crippen molar-refractivity contribution in [3.8, 4) is 0 Å². The number of nitrogens with zero attached hydrogens (tertiary/aromatic N) is 2. The fourth-order valence-electron chi connectivity index (χ4n) is 3.89. The molecule has 31 heavy (non-hydrogen) atoms. The van der Waals surface area contributed by atoms with Gasteiger partial charge < -0.3 is 20.4 Å². The number of hydrogen-bond acceptors (Lipinski definition) is 3. The lowest BCUT2D eigenvalue weighted by atomic mass is 10.0. The van der Waals surface area contributed by atoms with Crippen molar-refractivity contribution in [2.45, 2.75) is 59.3 Å². The van der Waals surface area contributed by atoms with Crippen LogP contribution in [0.3, 0.4) is 0 Å². The van der Waals surface area contributed by atoms with E-state index in [0.717, 1.165) is 37.2 Å². The molecule has 2 fully saturated rings. The van der Waals surface area contributed by atoms with Crippen LogP contribution in [0.2, 0.25) is 0 Å². The average molecular weight is 427 g/mol. The minimum Gasteiger partial charge on any atom is -0.349 e. The van der Waals surface area contributed by atoms with Gasteiger partial charge in [-0.25, -0.2) is 4.79 Å².